The van der Waals surface area contributed by atoms with Crippen LogP contribution in [0, 0.1) is 0 Å². The van der Waals surface area contributed by atoms with E-state index in [2.05, 4.69) is 5.43 Å². The highest BCUT2D eigenvalue weighted by Crippen LogP contribution is 2.28. The number of nitrogen functional groups attached to an aromatic ring is 1. The Hall–Kier alpha value is -2.08. The topological polar surface area (TPSA) is 84.7 Å². The number of benzene rings is 1. The summed E-state index contributed by atoms with van der Waals surface area (Å²) in [5, 5.41) is 0. The molecule has 0 atom stereocenters. The van der Waals surface area contributed by atoms with Crippen LogP contribution in [-0.4, -0.2) is 35.6 Å². The van der Waals surface area contributed by atoms with Crippen molar-refractivity contribution in [1.29, 1.82) is 0 Å². The van der Waals surface area contributed by atoms with Gasteiger partial charge in [-0.2, -0.15) is 0 Å². The third-order valence-corrected chi connectivity index (χ3v) is 3.92. The standard InChI is InChI=1S/C17H25N3O3/c1-17(2,3)23-16(22)20-10-8-13(9-11-20)12-4-6-14(7-5-12)15(21)19-18/h4-7,13H,8-11,18H2,1-3H3,(H,19,21). The number of ether oxygens (including phenoxy) is 1. The molecule has 1 aromatic carbocycles. The van der Waals surface area contributed by atoms with Crippen LogP contribution in [0.2, 0.25) is 0 Å². The number of piperidine rings is 1. The van der Waals surface area contributed by atoms with Crippen LogP contribution >= 0.6 is 0 Å². The minimum Gasteiger partial charge on any atom is -0.444 e. The quantitative estimate of drug-likeness (QED) is 0.498. The number of nitrogens with one attached hydrogen (secondary N) is 1. The lowest BCUT2D eigenvalue weighted by Gasteiger charge is -2.33. The largest absolute Gasteiger partial charge is 0.444 e. The van der Waals surface area contributed by atoms with Crippen molar-refractivity contribution in [2.24, 2.45) is 5.84 Å². The number of amides is 2. The highest BCUT2D eigenvalue weighted by Gasteiger charge is 2.27. The lowest BCUT2D eigenvalue weighted by molar-refractivity contribution is 0.0204. The zero-order valence-corrected chi connectivity index (χ0v) is 14.0. The highest BCUT2D eigenvalue weighted by molar-refractivity contribution is 5.93. The molecule has 6 nitrogen and oxygen atoms in total. The number of nitrogens with zero attached hydrogens (tertiary/aromatic N) is 1. The smallest absolute Gasteiger partial charge is 0.410 e. The number of hydrogen-bond acceptors (Lipinski definition) is 4. The predicted molar refractivity (Wildman–Crippen MR) is 87.9 cm³/mol. The Kier molecular flexibility index (Phi) is 5.26. The Bertz CT molecular complexity index is 555. The molecule has 23 heavy (non-hydrogen) atoms. The van der Waals surface area contributed by atoms with E-state index in [0.29, 0.717) is 24.6 Å². The maximum Gasteiger partial charge on any atom is 0.410 e. The third-order valence-electron chi connectivity index (χ3n) is 3.92. The summed E-state index contributed by atoms with van der Waals surface area (Å²) in [7, 11) is 0. The fraction of sp³-hybridized carbons (Fsp3) is 0.529. The van der Waals surface area contributed by atoms with Gasteiger partial charge in [-0.25, -0.2) is 10.6 Å². The van der Waals surface area contributed by atoms with Crippen LogP contribution in [0.5, 0.6) is 0 Å². The number of rotatable bonds is 2. The first-order valence-electron chi connectivity index (χ1n) is 7.89. The van der Waals surface area contributed by atoms with Gasteiger partial charge in [0.1, 0.15) is 5.60 Å². The van der Waals surface area contributed by atoms with Crippen molar-refractivity contribution in [2.45, 2.75) is 45.1 Å². The van der Waals surface area contributed by atoms with Crippen LogP contribution in [0.3, 0.4) is 0 Å². The molecule has 1 aliphatic rings. The van der Waals surface area contributed by atoms with Gasteiger partial charge in [-0.05, 0) is 57.2 Å². The van der Waals surface area contributed by atoms with Gasteiger partial charge < -0.3 is 9.64 Å². The van der Waals surface area contributed by atoms with Gasteiger partial charge in [0.05, 0.1) is 0 Å². The van der Waals surface area contributed by atoms with E-state index in [4.69, 9.17) is 10.6 Å². The molecule has 2 amide bonds. The normalized spacial score (nSPS) is 16.1. The predicted octanol–water partition coefficient (Wildman–Crippen LogP) is 2.40. The zero-order valence-electron chi connectivity index (χ0n) is 14.0. The van der Waals surface area contributed by atoms with Gasteiger partial charge in [-0.3, -0.25) is 10.2 Å². The molecule has 126 valence electrons. The molecule has 1 saturated heterocycles. The van der Waals surface area contributed by atoms with Crippen LogP contribution in [-0.2, 0) is 4.74 Å². The Morgan fingerprint density at radius 3 is 2.22 bits per heavy atom. The SMILES string of the molecule is CC(C)(C)OC(=O)N1CCC(c2ccc(C(=O)NN)cc2)CC1. The summed E-state index contributed by atoms with van der Waals surface area (Å²) >= 11 is 0. The Labute approximate surface area is 136 Å². The highest BCUT2D eigenvalue weighted by atomic mass is 16.6. The molecular weight excluding hydrogens is 294 g/mol. The molecule has 3 N–H and O–H groups in total. The minimum absolute atomic E-state index is 0.245. The first-order valence-corrected chi connectivity index (χ1v) is 7.89. The van der Waals surface area contributed by atoms with E-state index in [0.717, 1.165) is 12.8 Å². The number of likely N-dealkylation sites (tertiary alicyclic amines) is 1. The lowest BCUT2D eigenvalue weighted by atomic mass is 9.89. The average molecular weight is 319 g/mol. The molecule has 6 heteroatoms. The van der Waals surface area contributed by atoms with Crippen molar-refractivity contribution in [3.05, 3.63) is 35.4 Å². The molecule has 1 aliphatic heterocycles. The number of carbonyl (C=O) groups is 2. The average Bonchev–Trinajstić information content (AvgIpc) is 2.53. The molecule has 2 rings (SSSR count). The number of hydrogen-bond donors (Lipinski definition) is 2. The summed E-state index contributed by atoms with van der Waals surface area (Å²) in [4.78, 5) is 25.3. The van der Waals surface area contributed by atoms with Crippen molar-refractivity contribution in [3.8, 4) is 0 Å². The van der Waals surface area contributed by atoms with Crippen LogP contribution in [0.25, 0.3) is 0 Å². The zero-order chi connectivity index (χ0) is 17.0. The fourth-order valence-corrected chi connectivity index (χ4v) is 2.71. The molecular formula is C17H25N3O3. The van der Waals surface area contributed by atoms with Crippen molar-refractivity contribution >= 4 is 12.0 Å². The maximum atomic E-state index is 12.1. The molecule has 1 aromatic rings. The van der Waals surface area contributed by atoms with Crippen LogP contribution in [0.15, 0.2) is 24.3 Å². The third kappa shape index (κ3) is 4.69. The van der Waals surface area contributed by atoms with E-state index in [1.807, 2.05) is 32.9 Å². The second kappa shape index (κ2) is 7.00. The first-order chi connectivity index (χ1) is 10.8. The van der Waals surface area contributed by atoms with Gasteiger partial charge >= 0.3 is 6.09 Å². The van der Waals surface area contributed by atoms with Crippen molar-refractivity contribution in [2.75, 3.05) is 13.1 Å². The maximum absolute atomic E-state index is 12.1. The van der Waals surface area contributed by atoms with E-state index in [9.17, 15) is 9.59 Å². The first kappa shape index (κ1) is 17.3. The van der Waals surface area contributed by atoms with E-state index in [1.165, 1.54) is 5.56 Å². The summed E-state index contributed by atoms with van der Waals surface area (Å²) in [5.41, 5.74) is 3.38. The fourth-order valence-electron chi connectivity index (χ4n) is 2.71. The molecule has 0 saturated carbocycles. The molecule has 0 bridgehead atoms. The summed E-state index contributed by atoms with van der Waals surface area (Å²) in [6.45, 7) is 6.99. The van der Waals surface area contributed by atoms with Gasteiger partial charge in [0.25, 0.3) is 5.91 Å². The van der Waals surface area contributed by atoms with E-state index in [1.54, 1.807) is 17.0 Å². The van der Waals surface area contributed by atoms with Crippen molar-refractivity contribution in [3.63, 3.8) is 0 Å². The van der Waals surface area contributed by atoms with Gasteiger partial charge in [0, 0.05) is 18.7 Å². The van der Waals surface area contributed by atoms with E-state index >= 15 is 0 Å². The van der Waals surface area contributed by atoms with Gasteiger partial charge in [-0.1, -0.05) is 12.1 Å². The summed E-state index contributed by atoms with van der Waals surface area (Å²) < 4.78 is 5.40. The van der Waals surface area contributed by atoms with Gasteiger partial charge in [-0.15, -0.1) is 0 Å². The van der Waals surface area contributed by atoms with Gasteiger partial charge in [0.15, 0.2) is 0 Å². The van der Waals surface area contributed by atoms with E-state index in [-0.39, 0.29) is 12.0 Å². The van der Waals surface area contributed by atoms with Crippen molar-refractivity contribution < 1.29 is 14.3 Å². The van der Waals surface area contributed by atoms with Crippen LogP contribution in [0.1, 0.15) is 55.5 Å². The summed E-state index contributed by atoms with van der Waals surface area (Å²) in [5.74, 6) is 5.22. The van der Waals surface area contributed by atoms with Crippen LogP contribution in [0.4, 0.5) is 4.79 Å². The Balaban J connectivity index is 1.91. The second-order valence-electron chi connectivity index (χ2n) is 6.84. The van der Waals surface area contributed by atoms with Gasteiger partial charge in [0.2, 0.25) is 0 Å². The molecule has 0 spiro atoms. The van der Waals surface area contributed by atoms with E-state index < -0.39 is 5.60 Å². The number of nitrogens with two attached hydrogens (primary N) is 1. The molecule has 1 heterocycles. The molecule has 0 unspecified atom stereocenters. The number of hydrazine groups is 1. The Morgan fingerprint density at radius 2 is 1.74 bits per heavy atom. The monoisotopic (exact) mass is 319 g/mol. The molecule has 0 radical (unpaired) electrons. The molecule has 0 aliphatic carbocycles. The number of carbonyl (C=O) groups excluding carboxylic acids is 2. The minimum atomic E-state index is -0.465. The Morgan fingerprint density at radius 1 is 1.17 bits per heavy atom. The van der Waals surface area contributed by atoms with Crippen molar-refractivity contribution in [1.82, 2.24) is 10.3 Å². The van der Waals surface area contributed by atoms with Crippen LogP contribution < -0.4 is 11.3 Å². The summed E-state index contributed by atoms with van der Waals surface area (Å²) in [6, 6.07) is 7.46. The molecule has 1 fully saturated rings. The molecule has 0 aromatic heterocycles. The second-order valence-corrected chi connectivity index (χ2v) is 6.84. The summed E-state index contributed by atoms with van der Waals surface area (Å²) in [6.07, 6.45) is 1.54. The lowest BCUT2D eigenvalue weighted by Crippen LogP contribution is -2.41.